The van der Waals surface area contributed by atoms with Gasteiger partial charge in [0.15, 0.2) is 0 Å². The molecule has 0 aliphatic carbocycles. The normalized spacial score (nSPS) is 12.0. The Kier molecular flexibility index (Phi) is 5.23. The molecule has 9 heteroatoms. The molecule has 0 spiro atoms. The summed E-state index contributed by atoms with van der Waals surface area (Å²) in [6.07, 6.45) is 0. The molecule has 114 valence electrons. The number of halogens is 3. The molecule has 0 saturated heterocycles. The maximum atomic E-state index is 12.6. The first-order valence-corrected chi connectivity index (χ1v) is 9.53. The molecule has 0 fully saturated rings. The summed E-state index contributed by atoms with van der Waals surface area (Å²) >= 11 is 16.7. The summed E-state index contributed by atoms with van der Waals surface area (Å²) < 4.78 is 27.3. The Morgan fingerprint density at radius 2 is 2.05 bits per heavy atom. The summed E-state index contributed by atoms with van der Waals surface area (Å²) in [6, 6.07) is 4.65. The molecular weight excluding hydrogens is 419 g/mol. The van der Waals surface area contributed by atoms with E-state index in [1.165, 1.54) is 34.8 Å². The van der Waals surface area contributed by atoms with E-state index in [1.54, 1.807) is 0 Å². The molecule has 4 nitrogen and oxygen atoms in total. The quantitative estimate of drug-likeness (QED) is 0.740. The van der Waals surface area contributed by atoms with Crippen LogP contribution >= 0.6 is 50.5 Å². The highest BCUT2D eigenvalue weighted by molar-refractivity contribution is 9.11. The predicted molar refractivity (Wildman–Crippen MR) is 91.5 cm³/mol. The van der Waals surface area contributed by atoms with Crippen LogP contribution in [0.4, 0.5) is 5.69 Å². The van der Waals surface area contributed by atoms with Crippen LogP contribution in [-0.2, 0) is 16.6 Å². The number of anilines is 1. The van der Waals surface area contributed by atoms with Crippen molar-refractivity contribution in [3.05, 3.63) is 43.0 Å². The van der Waals surface area contributed by atoms with Gasteiger partial charge in [-0.2, -0.15) is 4.31 Å². The monoisotopic (exact) mass is 428 g/mol. The van der Waals surface area contributed by atoms with Crippen LogP contribution in [0.3, 0.4) is 0 Å². The SMILES string of the molecule is CN(Cc1csc(Br)c1)S(=O)(=O)c1ccc(Cl)c(N)c1Cl. The topological polar surface area (TPSA) is 63.4 Å². The molecule has 2 aromatic rings. The number of nitrogens with zero attached hydrogens (tertiary/aromatic N) is 1. The van der Waals surface area contributed by atoms with Crippen LogP contribution in [0.1, 0.15) is 5.56 Å². The first kappa shape index (κ1) is 17.1. The number of nitrogen functional groups attached to an aromatic ring is 1. The van der Waals surface area contributed by atoms with Crippen molar-refractivity contribution in [3.63, 3.8) is 0 Å². The fourth-order valence-electron chi connectivity index (χ4n) is 1.69. The predicted octanol–water partition coefficient (Wildman–Crippen LogP) is 4.22. The van der Waals surface area contributed by atoms with Crippen LogP contribution in [0, 0.1) is 0 Å². The first-order chi connectivity index (χ1) is 9.73. The van der Waals surface area contributed by atoms with Gasteiger partial charge in [0.1, 0.15) is 4.90 Å². The Hall–Kier alpha value is -0.310. The lowest BCUT2D eigenvalue weighted by atomic mass is 10.3. The summed E-state index contributed by atoms with van der Waals surface area (Å²) in [6.45, 7) is 0.239. The summed E-state index contributed by atoms with van der Waals surface area (Å²) in [4.78, 5) is -0.0529. The minimum absolute atomic E-state index is 0.0529. The number of nitrogens with two attached hydrogens (primary N) is 1. The largest absolute Gasteiger partial charge is 0.396 e. The Morgan fingerprint density at radius 1 is 1.38 bits per heavy atom. The van der Waals surface area contributed by atoms with Gasteiger partial charge in [0.2, 0.25) is 10.0 Å². The van der Waals surface area contributed by atoms with E-state index in [0.717, 1.165) is 9.35 Å². The molecule has 0 aliphatic heterocycles. The van der Waals surface area contributed by atoms with E-state index in [4.69, 9.17) is 28.9 Å². The van der Waals surface area contributed by atoms with Crippen molar-refractivity contribution < 1.29 is 8.42 Å². The molecule has 0 aliphatic rings. The highest BCUT2D eigenvalue weighted by atomic mass is 79.9. The highest BCUT2D eigenvalue weighted by Gasteiger charge is 2.25. The van der Waals surface area contributed by atoms with Gasteiger partial charge < -0.3 is 5.73 Å². The lowest BCUT2D eigenvalue weighted by Gasteiger charge is -2.18. The van der Waals surface area contributed by atoms with Gasteiger partial charge in [-0.05, 0) is 45.1 Å². The Labute approximate surface area is 145 Å². The number of rotatable bonds is 4. The van der Waals surface area contributed by atoms with E-state index in [0.29, 0.717) is 0 Å². The zero-order valence-electron chi connectivity index (χ0n) is 10.8. The third-order valence-electron chi connectivity index (χ3n) is 2.81. The molecule has 0 unspecified atom stereocenters. The summed E-state index contributed by atoms with van der Waals surface area (Å²) in [7, 11) is -2.26. The van der Waals surface area contributed by atoms with Crippen molar-refractivity contribution in [2.45, 2.75) is 11.4 Å². The number of sulfonamides is 1. The number of hydrogen-bond acceptors (Lipinski definition) is 4. The van der Waals surface area contributed by atoms with E-state index >= 15 is 0 Å². The van der Waals surface area contributed by atoms with Gasteiger partial charge in [0, 0.05) is 13.6 Å². The van der Waals surface area contributed by atoms with Crippen molar-refractivity contribution in [2.75, 3.05) is 12.8 Å². The van der Waals surface area contributed by atoms with Gasteiger partial charge in [-0.3, -0.25) is 0 Å². The van der Waals surface area contributed by atoms with Crippen LogP contribution in [0.25, 0.3) is 0 Å². The van der Waals surface area contributed by atoms with Gasteiger partial charge >= 0.3 is 0 Å². The summed E-state index contributed by atoms with van der Waals surface area (Å²) in [5, 5.41) is 2.05. The maximum absolute atomic E-state index is 12.6. The molecule has 0 bridgehead atoms. The van der Waals surface area contributed by atoms with Crippen LogP contribution < -0.4 is 5.73 Å². The van der Waals surface area contributed by atoms with Crippen LogP contribution in [0.5, 0.6) is 0 Å². The Bertz CT molecular complexity index is 778. The maximum Gasteiger partial charge on any atom is 0.244 e. The Balaban J connectivity index is 2.35. The molecule has 1 aromatic heterocycles. The van der Waals surface area contributed by atoms with Crippen molar-refractivity contribution in [3.8, 4) is 0 Å². The molecule has 0 saturated carbocycles. The second kappa shape index (κ2) is 6.44. The molecule has 1 heterocycles. The van der Waals surface area contributed by atoms with Gasteiger partial charge in [0.05, 0.1) is 19.5 Å². The Morgan fingerprint density at radius 3 is 2.62 bits per heavy atom. The second-order valence-electron chi connectivity index (χ2n) is 4.29. The van der Waals surface area contributed by atoms with Crippen LogP contribution in [0.15, 0.2) is 32.3 Å². The molecule has 1 aromatic carbocycles. The van der Waals surface area contributed by atoms with Gasteiger partial charge in [-0.25, -0.2) is 8.42 Å². The molecule has 2 N–H and O–H groups in total. The standard InChI is InChI=1S/C12H11BrCl2N2O2S2/c1-17(5-7-4-10(13)20-6-7)21(18,19)9-3-2-8(14)12(16)11(9)15/h2-4,6H,5,16H2,1H3. The van der Waals surface area contributed by atoms with Gasteiger partial charge in [-0.15, -0.1) is 11.3 Å². The summed E-state index contributed by atoms with van der Waals surface area (Å²) in [5.41, 5.74) is 6.63. The molecule has 0 amide bonds. The minimum Gasteiger partial charge on any atom is -0.396 e. The smallest absolute Gasteiger partial charge is 0.244 e. The number of hydrogen-bond donors (Lipinski definition) is 1. The van der Waals surface area contributed by atoms with Crippen molar-refractivity contribution in [1.29, 1.82) is 0 Å². The molecule has 0 radical (unpaired) electrons. The third kappa shape index (κ3) is 3.55. The highest BCUT2D eigenvalue weighted by Crippen LogP contribution is 2.34. The number of benzene rings is 1. The minimum atomic E-state index is -3.75. The van der Waals surface area contributed by atoms with Crippen LogP contribution in [0.2, 0.25) is 10.0 Å². The lowest BCUT2D eigenvalue weighted by molar-refractivity contribution is 0.467. The van der Waals surface area contributed by atoms with E-state index in [1.807, 2.05) is 11.4 Å². The summed E-state index contributed by atoms with van der Waals surface area (Å²) in [5.74, 6) is 0. The second-order valence-corrected chi connectivity index (χ2v) is 9.38. The fraction of sp³-hybridized carbons (Fsp3) is 0.167. The van der Waals surface area contributed by atoms with E-state index in [-0.39, 0.29) is 27.2 Å². The van der Waals surface area contributed by atoms with Gasteiger partial charge in [-0.1, -0.05) is 23.2 Å². The fourth-order valence-corrected chi connectivity index (χ4v) is 4.78. The van der Waals surface area contributed by atoms with Crippen molar-refractivity contribution in [2.24, 2.45) is 0 Å². The van der Waals surface area contributed by atoms with Crippen molar-refractivity contribution >= 4 is 66.2 Å². The van der Waals surface area contributed by atoms with E-state index in [2.05, 4.69) is 15.9 Å². The number of thiophene rings is 1. The molecule has 2 rings (SSSR count). The van der Waals surface area contributed by atoms with E-state index in [9.17, 15) is 8.42 Å². The lowest BCUT2D eigenvalue weighted by Crippen LogP contribution is -2.26. The molecular formula is C12H11BrCl2N2O2S2. The molecule has 0 atom stereocenters. The average molecular weight is 430 g/mol. The third-order valence-corrected chi connectivity index (χ3v) is 7.05. The van der Waals surface area contributed by atoms with E-state index < -0.39 is 10.0 Å². The van der Waals surface area contributed by atoms with Gasteiger partial charge in [0.25, 0.3) is 0 Å². The first-order valence-electron chi connectivity index (χ1n) is 5.66. The zero-order chi connectivity index (χ0) is 15.8. The van der Waals surface area contributed by atoms with Crippen LogP contribution in [-0.4, -0.2) is 19.8 Å². The zero-order valence-corrected chi connectivity index (χ0v) is 15.5. The molecule has 21 heavy (non-hydrogen) atoms. The average Bonchev–Trinajstić information content (AvgIpc) is 2.81. The van der Waals surface area contributed by atoms with Crippen molar-refractivity contribution in [1.82, 2.24) is 4.31 Å².